The van der Waals surface area contributed by atoms with E-state index in [1.807, 2.05) is 0 Å². The molecule has 0 fully saturated rings. The second-order valence-electron chi connectivity index (χ2n) is 16.9. The van der Waals surface area contributed by atoms with Crippen molar-refractivity contribution in [1.29, 1.82) is 0 Å². The van der Waals surface area contributed by atoms with Crippen molar-refractivity contribution >= 4 is 113 Å². The van der Waals surface area contributed by atoms with Crippen molar-refractivity contribution in [3.8, 4) is 22.3 Å². The highest BCUT2D eigenvalue weighted by Crippen LogP contribution is 2.48. The fourth-order valence-electron chi connectivity index (χ4n) is 11.8. The Morgan fingerprint density at radius 1 is 0.328 bits per heavy atom. The molecule has 0 amide bonds. The molecule has 0 saturated carbocycles. The zero-order chi connectivity index (χ0) is 38.0. The van der Waals surface area contributed by atoms with Gasteiger partial charge in [0, 0.05) is 34.1 Å². The van der Waals surface area contributed by atoms with Crippen LogP contribution in [0.15, 0.2) is 170 Å². The number of benzene rings is 10. The third-order valence-corrected chi connectivity index (χ3v) is 13.8. The second kappa shape index (κ2) is 10.9. The Labute approximate surface area is 338 Å². The molecule has 0 aliphatic carbocycles. The molecule has 266 valence electrons. The highest BCUT2D eigenvalue weighted by atomic mass is 15.2. The average molecular weight is 733 g/mol. The van der Waals surface area contributed by atoms with Crippen molar-refractivity contribution in [1.82, 2.24) is 0 Å². The van der Waals surface area contributed by atoms with Gasteiger partial charge in [-0.2, -0.15) is 0 Å². The SMILES string of the molecule is Cc1cc2c3c(c1)N(c1ccccc1)c1ccccc1B3c1cc3ccc4c5c(cc6ccc-2c1c6c35)B1c2ccccc2N(c2ccccc2)c2cc(C)cc-4c21. The molecule has 0 spiro atoms. The van der Waals surface area contributed by atoms with Gasteiger partial charge in [0.2, 0.25) is 13.4 Å². The van der Waals surface area contributed by atoms with Crippen molar-refractivity contribution in [3.05, 3.63) is 181 Å². The molecule has 0 aromatic heterocycles. The second-order valence-corrected chi connectivity index (χ2v) is 16.9. The van der Waals surface area contributed by atoms with E-state index in [2.05, 4.69) is 194 Å². The Balaban J connectivity index is 1.11. The van der Waals surface area contributed by atoms with Crippen LogP contribution in [0.5, 0.6) is 0 Å². The fourth-order valence-corrected chi connectivity index (χ4v) is 11.8. The molecule has 0 unspecified atom stereocenters. The maximum absolute atomic E-state index is 2.57. The Morgan fingerprint density at radius 2 is 0.741 bits per heavy atom. The number of fused-ring (bicyclic) bond motifs is 8. The van der Waals surface area contributed by atoms with Crippen LogP contribution in [0.25, 0.3) is 54.6 Å². The summed E-state index contributed by atoms with van der Waals surface area (Å²) in [5, 5.41) is 8.32. The summed E-state index contributed by atoms with van der Waals surface area (Å²) in [6.07, 6.45) is 0. The standard InChI is InChI=1S/C54H34B2N2/c1-31-25-39-37-23-21-33-30-44-52-38(40-26-32(2)28-48-54(40)56(44)42-18-10-12-20-46(42)58(48)36-15-7-4-8-16-36)24-22-34-29-43(51(37)49(33)50(34)52)55-41-17-9-11-19-45(41)57(47(27-31)53(39)55)35-13-5-3-6-14-35/h3-30H,1-2H3. The zero-order valence-corrected chi connectivity index (χ0v) is 32.2. The first-order valence-corrected chi connectivity index (χ1v) is 20.6. The van der Waals surface area contributed by atoms with Crippen LogP contribution in [0.2, 0.25) is 0 Å². The molecule has 4 heteroatoms. The number of para-hydroxylation sites is 4. The molecule has 0 radical (unpaired) electrons. The monoisotopic (exact) mass is 732 g/mol. The van der Waals surface area contributed by atoms with Crippen molar-refractivity contribution in [2.75, 3.05) is 9.80 Å². The van der Waals surface area contributed by atoms with Crippen LogP contribution in [0.3, 0.4) is 0 Å². The van der Waals surface area contributed by atoms with E-state index in [1.165, 1.54) is 133 Å². The topological polar surface area (TPSA) is 6.48 Å². The molecule has 10 aromatic carbocycles. The fraction of sp³-hybridized carbons (Fsp3) is 0.0370. The van der Waals surface area contributed by atoms with Gasteiger partial charge in [-0.1, -0.05) is 132 Å². The van der Waals surface area contributed by atoms with Crippen LogP contribution in [0.4, 0.5) is 34.1 Å². The van der Waals surface area contributed by atoms with Gasteiger partial charge in [-0.05, 0) is 150 Å². The molecule has 4 aliphatic heterocycles. The summed E-state index contributed by atoms with van der Waals surface area (Å²) in [4.78, 5) is 5.00. The van der Waals surface area contributed by atoms with E-state index in [9.17, 15) is 0 Å². The molecule has 58 heavy (non-hydrogen) atoms. The van der Waals surface area contributed by atoms with Crippen molar-refractivity contribution < 1.29 is 0 Å². The minimum atomic E-state index is 0.121. The lowest BCUT2D eigenvalue weighted by molar-refractivity contribution is 1.28. The predicted molar refractivity (Wildman–Crippen MR) is 249 cm³/mol. The van der Waals surface area contributed by atoms with Gasteiger partial charge in [0.15, 0.2) is 0 Å². The molecule has 2 nitrogen and oxygen atoms in total. The molecule has 0 atom stereocenters. The van der Waals surface area contributed by atoms with Crippen molar-refractivity contribution in [3.63, 3.8) is 0 Å². The maximum atomic E-state index is 2.57. The van der Waals surface area contributed by atoms with Gasteiger partial charge in [-0.3, -0.25) is 0 Å². The Kier molecular flexibility index (Phi) is 5.83. The van der Waals surface area contributed by atoms with Gasteiger partial charge in [0.1, 0.15) is 0 Å². The van der Waals surface area contributed by atoms with Gasteiger partial charge in [0.05, 0.1) is 0 Å². The van der Waals surface area contributed by atoms with Crippen LogP contribution in [-0.2, 0) is 0 Å². The highest BCUT2D eigenvalue weighted by Gasteiger charge is 2.44. The van der Waals surface area contributed by atoms with E-state index in [0.717, 1.165) is 0 Å². The molecule has 14 rings (SSSR count). The lowest BCUT2D eigenvalue weighted by Gasteiger charge is -2.42. The molecule has 0 N–H and O–H groups in total. The van der Waals surface area contributed by atoms with E-state index >= 15 is 0 Å². The highest BCUT2D eigenvalue weighted by molar-refractivity contribution is 7.02. The minimum Gasteiger partial charge on any atom is -0.311 e. The van der Waals surface area contributed by atoms with Gasteiger partial charge in [-0.25, -0.2) is 0 Å². The van der Waals surface area contributed by atoms with E-state index in [0.29, 0.717) is 0 Å². The van der Waals surface area contributed by atoms with Crippen LogP contribution < -0.4 is 42.6 Å². The van der Waals surface area contributed by atoms with Crippen LogP contribution >= 0.6 is 0 Å². The Morgan fingerprint density at radius 3 is 1.19 bits per heavy atom. The van der Waals surface area contributed by atoms with Crippen LogP contribution in [-0.4, -0.2) is 13.4 Å². The molecule has 4 heterocycles. The molecular weight excluding hydrogens is 698 g/mol. The normalized spacial score (nSPS) is 13.9. The molecule has 4 aliphatic rings. The van der Waals surface area contributed by atoms with Crippen molar-refractivity contribution in [2.45, 2.75) is 13.8 Å². The summed E-state index contributed by atoms with van der Waals surface area (Å²) in [5.74, 6) is 0. The van der Waals surface area contributed by atoms with Crippen molar-refractivity contribution in [2.24, 2.45) is 0 Å². The molecular formula is C54H34B2N2. The van der Waals surface area contributed by atoms with E-state index < -0.39 is 0 Å². The third kappa shape index (κ3) is 3.77. The van der Waals surface area contributed by atoms with Gasteiger partial charge in [0.25, 0.3) is 0 Å². The summed E-state index contributed by atoms with van der Waals surface area (Å²) < 4.78 is 0. The molecule has 0 bridgehead atoms. The first-order valence-electron chi connectivity index (χ1n) is 20.6. The first-order chi connectivity index (χ1) is 28.6. The van der Waals surface area contributed by atoms with Gasteiger partial charge < -0.3 is 9.80 Å². The summed E-state index contributed by atoms with van der Waals surface area (Å²) in [6, 6.07) is 64.7. The predicted octanol–water partition coefficient (Wildman–Crippen LogP) is 9.76. The smallest absolute Gasteiger partial charge is 0.248 e. The minimum absolute atomic E-state index is 0.121. The summed E-state index contributed by atoms with van der Waals surface area (Å²) >= 11 is 0. The van der Waals surface area contributed by atoms with E-state index in [1.54, 1.807) is 0 Å². The number of aryl methyl sites for hydroxylation is 2. The van der Waals surface area contributed by atoms with Gasteiger partial charge >= 0.3 is 0 Å². The number of nitrogens with zero attached hydrogens (tertiary/aromatic N) is 2. The van der Waals surface area contributed by atoms with E-state index in [4.69, 9.17) is 0 Å². The van der Waals surface area contributed by atoms with E-state index in [-0.39, 0.29) is 13.4 Å². The summed E-state index contributed by atoms with van der Waals surface area (Å²) in [7, 11) is 0. The lowest BCUT2D eigenvalue weighted by Crippen LogP contribution is -2.60. The van der Waals surface area contributed by atoms with Crippen LogP contribution in [0.1, 0.15) is 11.1 Å². The van der Waals surface area contributed by atoms with Gasteiger partial charge in [-0.15, -0.1) is 0 Å². The quantitative estimate of drug-likeness (QED) is 0.129. The Bertz CT molecular complexity index is 3220. The average Bonchev–Trinajstić information content (AvgIpc) is 3.26. The van der Waals surface area contributed by atoms with Crippen LogP contribution in [0, 0.1) is 13.8 Å². The Hall–Kier alpha value is -7.03. The molecule has 10 aromatic rings. The lowest BCUT2D eigenvalue weighted by atomic mass is 9.31. The number of hydrogen-bond acceptors (Lipinski definition) is 2. The largest absolute Gasteiger partial charge is 0.311 e. The first kappa shape index (κ1) is 31.1. The zero-order valence-electron chi connectivity index (χ0n) is 32.2. The molecule has 0 saturated heterocycles. The summed E-state index contributed by atoms with van der Waals surface area (Å²) in [6.45, 7) is 4.77. The third-order valence-electron chi connectivity index (χ3n) is 13.8. The maximum Gasteiger partial charge on any atom is 0.248 e. The summed E-state index contributed by atoms with van der Waals surface area (Å²) in [5.41, 5.74) is 23.9. The number of anilines is 6. The number of rotatable bonds is 2. The number of hydrogen-bond donors (Lipinski definition) is 0.